The number of carbonyl (C=O) groups excluding carboxylic acids is 1. The number of halogens is 1. The van der Waals surface area contributed by atoms with Crippen molar-refractivity contribution < 1.29 is 9.53 Å². The van der Waals surface area contributed by atoms with E-state index in [2.05, 4.69) is 15.9 Å². The Bertz CT molecular complexity index is 426. The van der Waals surface area contributed by atoms with E-state index in [-0.39, 0.29) is 11.4 Å². The molecule has 0 bridgehead atoms. The number of benzene rings is 1. The van der Waals surface area contributed by atoms with Gasteiger partial charge in [-0.3, -0.25) is 4.79 Å². The van der Waals surface area contributed by atoms with E-state index in [0.29, 0.717) is 18.7 Å². The number of ether oxygens (including phenoxy) is 1. The summed E-state index contributed by atoms with van der Waals surface area (Å²) >= 11 is 3.31. The van der Waals surface area contributed by atoms with Crippen molar-refractivity contribution >= 4 is 21.8 Å². The molecule has 1 aromatic rings. The van der Waals surface area contributed by atoms with Gasteiger partial charge in [-0.25, -0.2) is 0 Å². The molecule has 1 aromatic carbocycles. The van der Waals surface area contributed by atoms with Crippen LogP contribution in [0.2, 0.25) is 0 Å². The molecule has 0 aliphatic carbocycles. The first-order valence-corrected chi connectivity index (χ1v) is 7.63. The molecule has 1 rings (SSSR count). The maximum atomic E-state index is 12.5. The summed E-state index contributed by atoms with van der Waals surface area (Å²) in [7, 11) is 0. The second-order valence-corrected chi connectivity index (χ2v) is 6.08. The molecule has 0 atom stereocenters. The minimum Gasteiger partial charge on any atom is -0.493 e. The smallest absolute Gasteiger partial charge is 0.254 e. The average Bonchev–Trinajstić information content (AvgIpc) is 2.35. The highest BCUT2D eigenvalue weighted by atomic mass is 79.9. The number of alkyl halides is 1. The first-order chi connectivity index (χ1) is 8.90. The molecule has 3 nitrogen and oxygen atoms in total. The SMILES string of the molecule is CCN(C(=O)c1cccc(OCCBr)c1)C(C)(C)C. The quantitative estimate of drug-likeness (QED) is 0.771. The molecule has 0 aromatic heterocycles. The molecule has 19 heavy (non-hydrogen) atoms. The number of nitrogens with zero attached hydrogens (tertiary/aromatic N) is 1. The molecule has 0 saturated heterocycles. The Morgan fingerprint density at radius 3 is 2.58 bits per heavy atom. The molecule has 4 heteroatoms. The third kappa shape index (κ3) is 4.53. The zero-order valence-corrected chi connectivity index (χ0v) is 13.7. The van der Waals surface area contributed by atoms with E-state index in [0.717, 1.165) is 11.1 Å². The number of hydrogen-bond acceptors (Lipinski definition) is 2. The zero-order chi connectivity index (χ0) is 14.5. The van der Waals surface area contributed by atoms with Gasteiger partial charge in [0.15, 0.2) is 0 Å². The zero-order valence-electron chi connectivity index (χ0n) is 12.1. The van der Waals surface area contributed by atoms with Gasteiger partial charge in [-0.2, -0.15) is 0 Å². The maximum absolute atomic E-state index is 12.5. The number of carbonyl (C=O) groups is 1. The van der Waals surface area contributed by atoms with Crippen molar-refractivity contribution in [2.45, 2.75) is 33.2 Å². The van der Waals surface area contributed by atoms with Crippen LogP contribution in [0.3, 0.4) is 0 Å². The number of amides is 1. The van der Waals surface area contributed by atoms with Crippen molar-refractivity contribution in [3.8, 4) is 5.75 Å². The first kappa shape index (κ1) is 16.0. The first-order valence-electron chi connectivity index (χ1n) is 6.51. The summed E-state index contributed by atoms with van der Waals surface area (Å²) in [5, 5.41) is 0.772. The van der Waals surface area contributed by atoms with Gasteiger partial charge in [-0.15, -0.1) is 0 Å². The molecule has 0 saturated carbocycles. The lowest BCUT2D eigenvalue weighted by Crippen LogP contribution is -2.45. The topological polar surface area (TPSA) is 29.5 Å². The van der Waals surface area contributed by atoms with Crippen LogP contribution in [0.25, 0.3) is 0 Å². The summed E-state index contributed by atoms with van der Waals surface area (Å²) in [5.41, 5.74) is 0.488. The van der Waals surface area contributed by atoms with E-state index in [4.69, 9.17) is 4.74 Å². The van der Waals surface area contributed by atoms with Gasteiger partial charge in [0, 0.05) is 23.0 Å². The summed E-state index contributed by atoms with van der Waals surface area (Å²) in [6.45, 7) is 9.40. The van der Waals surface area contributed by atoms with Crippen LogP contribution in [0.1, 0.15) is 38.1 Å². The van der Waals surface area contributed by atoms with Crippen LogP contribution in [-0.2, 0) is 0 Å². The highest BCUT2D eigenvalue weighted by Gasteiger charge is 2.25. The second-order valence-electron chi connectivity index (χ2n) is 5.29. The van der Waals surface area contributed by atoms with Crippen molar-refractivity contribution in [3.63, 3.8) is 0 Å². The fraction of sp³-hybridized carbons (Fsp3) is 0.533. The summed E-state index contributed by atoms with van der Waals surface area (Å²) < 4.78 is 5.53. The van der Waals surface area contributed by atoms with Gasteiger partial charge in [-0.1, -0.05) is 22.0 Å². The molecular formula is C15H22BrNO2. The van der Waals surface area contributed by atoms with Gasteiger partial charge in [0.05, 0.1) is 6.61 Å². The Balaban J connectivity index is 2.92. The Morgan fingerprint density at radius 1 is 1.37 bits per heavy atom. The normalized spacial score (nSPS) is 11.2. The molecule has 106 valence electrons. The standard InChI is InChI=1S/C15H22BrNO2/c1-5-17(15(2,3)4)14(18)12-7-6-8-13(11-12)19-10-9-16/h6-8,11H,5,9-10H2,1-4H3. The van der Waals surface area contributed by atoms with Gasteiger partial charge in [-0.05, 0) is 45.9 Å². The largest absolute Gasteiger partial charge is 0.493 e. The predicted octanol–water partition coefficient (Wildman–Crippen LogP) is 3.72. The Hall–Kier alpha value is -1.03. The van der Waals surface area contributed by atoms with E-state index in [1.54, 1.807) is 6.07 Å². The van der Waals surface area contributed by atoms with Crippen LogP contribution < -0.4 is 4.74 Å². The van der Waals surface area contributed by atoms with E-state index >= 15 is 0 Å². The molecule has 1 amide bonds. The van der Waals surface area contributed by atoms with Crippen LogP contribution in [0.4, 0.5) is 0 Å². The molecule has 0 aliphatic heterocycles. The van der Waals surface area contributed by atoms with Gasteiger partial charge in [0.25, 0.3) is 5.91 Å². The molecule has 0 aliphatic rings. The summed E-state index contributed by atoms with van der Waals surface area (Å²) in [6, 6.07) is 7.36. The minimum absolute atomic E-state index is 0.0410. The highest BCUT2D eigenvalue weighted by molar-refractivity contribution is 9.09. The molecule has 0 radical (unpaired) electrons. The fourth-order valence-electron chi connectivity index (χ4n) is 1.95. The van der Waals surface area contributed by atoms with Crippen molar-refractivity contribution in [2.24, 2.45) is 0 Å². The molecular weight excluding hydrogens is 306 g/mol. The predicted molar refractivity (Wildman–Crippen MR) is 82.2 cm³/mol. The summed E-state index contributed by atoms with van der Waals surface area (Å²) in [5.74, 6) is 0.773. The molecule has 0 unspecified atom stereocenters. The number of rotatable bonds is 5. The van der Waals surface area contributed by atoms with Crippen LogP contribution >= 0.6 is 15.9 Å². The lowest BCUT2D eigenvalue weighted by atomic mass is 10.0. The van der Waals surface area contributed by atoms with Crippen LogP contribution in [-0.4, -0.2) is 34.8 Å². The Morgan fingerprint density at radius 2 is 2.05 bits per heavy atom. The van der Waals surface area contributed by atoms with Crippen molar-refractivity contribution in [1.29, 1.82) is 0 Å². The van der Waals surface area contributed by atoms with E-state index < -0.39 is 0 Å². The van der Waals surface area contributed by atoms with Crippen molar-refractivity contribution in [1.82, 2.24) is 4.90 Å². The molecule has 0 heterocycles. The lowest BCUT2D eigenvalue weighted by Gasteiger charge is -2.35. The van der Waals surface area contributed by atoms with E-state index in [1.165, 1.54) is 0 Å². The van der Waals surface area contributed by atoms with Crippen LogP contribution in [0.15, 0.2) is 24.3 Å². The van der Waals surface area contributed by atoms with Gasteiger partial charge >= 0.3 is 0 Å². The van der Waals surface area contributed by atoms with Crippen LogP contribution in [0, 0.1) is 0 Å². The molecule has 0 fully saturated rings. The summed E-state index contributed by atoms with van der Waals surface area (Å²) in [6.07, 6.45) is 0. The number of hydrogen-bond donors (Lipinski definition) is 0. The summed E-state index contributed by atoms with van der Waals surface area (Å²) in [4.78, 5) is 14.4. The monoisotopic (exact) mass is 327 g/mol. The molecule has 0 N–H and O–H groups in total. The van der Waals surface area contributed by atoms with Gasteiger partial charge in [0.1, 0.15) is 5.75 Å². The van der Waals surface area contributed by atoms with Gasteiger partial charge in [0.2, 0.25) is 0 Å². The van der Waals surface area contributed by atoms with Crippen molar-refractivity contribution in [3.05, 3.63) is 29.8 Å². The van der Waals surface area contributed by atoms with E-state index in [9.17, 15) is 4.79 Å². The average molecular weight is 328 g/mol. The lowest BCUT2D eigenvalue weighted by molar-refractivity contribution is 0.0598. The fourth-order valence-corrected chi connectivity index (χ4v) is 2.12. The highest BCUT2D eigenvalue weighted by Crippen LogP contribution is 2.20. The second kappa shape index (κ2) is 6.94. The molecule has 0 spiro atoms. The Kier molecular flexibility index (Phi) is 5.85. The van der Waals surface area contributed by atoms with Gasteiger partial charge < -0.3 is 9.64 Å². The van der Waals surface area contributed by atoms with Crippen molar-refractivity contribution in [2.75, 3.05) is 18.5 Å². The van der Waals surface area contributed by atoms with Crippen LogP contribution in [0.5, 0.6) is 5.75 Å². The third-order valence-corrected chi connectivity index (χ3v) is 3.12. The van der Waals surface area contributed by atoms with E-state index in [1.807, 2.05) is 50.8 Å². The minimum atomic E-state index is -0.182. The Labute approximate surface area is 124 Å². The maximum Gasteiger partial charge on any atom is 0.254 e. The third-order valence-electron chi connectivity index (χ3n) is 2.80.